The molecule has 1 heterocycles. The normalized spacial score (nSPS) is 15.4. The molecule has 4 nitrogen and oxygen atoms in total. The number of carbonyl (C=O) groups is 1. The highest BCUT2D eigenvalue weighted by molar-refractivity contribution is 5.85. The molecule has 0 aromatic heterocycles. The molecular weight excluding hydrogens is 333 g/mol. The standard InChI is InChI=1S/C17H27N3O.2ClH/c1-19-11-8-16(9-12-19)17(21)20(14-10-18)13-7-15-5-3-2-4-6-15;;/h2-6,16H,7-14,18H2,1H3;2*1H. The molecule has 132 valence electrons. The van der Waals surface area contributed by atoms with E-state index in [1.54, 1.807) is 0 Å². The lowest BCUT2D eigenvalue weighted by Gasteiger charge is -2.32. The van der Waals surface area contributed by atoms with E-state index >= 15 is 0 Å². The fourth-order valence-corrected chi connectivity index (χ4v) is 2.91. The molecule has 0 unspecified atom stereocenters. The highest BCUT2D eigenvalue weighted by Gasteiger charge is 2.26. The number of nitrogens with zero attached hydrogens (tertiary/aromatic N) is 2. The highest BCUT2D eigenvalue weighted by Crippen LogP contribution is 2.19. The first-order valence-corrected chi connectivity index (χ1v) is 7.92. The van der Waals surface area contributed by atoms with E-state index in [0.29, 0.717) is 19.0 Å². The molecule has 1 aliphatic heterocycles. The van der Waals surface area contributed by atoms with E-state index in [-0.39, 0.29) is 30.7 Å². The van der Waals surface area contributed by atoms with E-state index < -0.39 is 0 Å². The van der Waals surface area contributed by atoms with Crippen LogP contribution in [-0.2, 0) is 11.2 Å². The van der Waals surface area contributed by atoms with Crippen molar-refractivity contribution in [1.29, 1.82) is 0 Å². The van der Waals surface area contributed by atoms with Gasteiger partial charge < -0.3 is 15.5 Å². The third-order valence-corrected chi connectivity index (χ3v) is 4.29. The summed E-state index contributed by atoms with van der Waals surface area (Å²) in [6.07, 6.45) is 2.85. The molecule has 0 atom stereocenters. The van der Waals surface area contributed by atoms with Crippen molar-refractivity contribution in [1.82, 2.24) is 9.80 Å². The quantitative estimate of drug-likeness (QED) is 0.844. The van der Waals surface area contributed by atoms with Crippen molar-refractivity contribution in [3.8, 4) is 0 Å². The van der Waals surface area contributed by atoms with E-state index in [2.05, 4.69) is 24.1 Å². The number of hydrogen-bond acceptors (Lipinski definition) is 3. The number of amides is 1. The van der Waals surface area contributed by atoms with Crippen LogP contribution in [-0.4, -0.2) is 55.5 Å². The molecule has 1 fully saturated rings. The molecule has 2 rings (SSSR count). The van der Waals surface area contributed by atoms with E-state index in [1.807, 2.05) is 23.1 Å². The van der Waals surface area contributed by atoms with Gasteiger partial charge >= 0.3 is 0 Å². The van der Waals surface area contributed by atoms with Crippen LogP contribution in [0.25, 0.3) is 0 Å². The Balaban J connectivity index is 0.00000242. The van der Waals surface area contributed by atoms with Crippen molar-refractivity contribution in [2.24, 2.45) is 11.7 Å². The zero-order valence-electron chi connectivity index (χ0n) is 13.8. The number of halogens is 2. The molecule has 1 aromatic carbocycles. The largest absolute Gasteiger partial charge is 0.341 e. The molecule has 0 bridgehead atoms. The Hall–Kier alpha value is -0.810. The summed E-state index contributed by atoms with van der Waals surface area (Å²) in [6.45, 7) is 4.01. The summed E-state index contributed by atoms with van der Waals surface area (Å²) in [6, 6.07) is 10.3. The number of benzene rings is 1. The molecule has 6 heteroatoms. The molecule has 2 N–H and O–H groups in total. The van der Waals surface area contributed by atoms with Gasteiger partial charge in [0.05, 0.1) is 0 Å². The van der Waals surface area contributed by atoms with Crippen LogP contribution in [0.2, 0.25) is 0 Å². The van der Waals surface area contributed by atoms with Crippen LogP contribution in [0, 0.1) is 5.92 Å². The number of piperidine rings is 1. The van der Waals surface area contributed by atoms with Gasteiger partial charge in [0.25, 0.3) is 0 Å². The molecular formula is C17H29Cl2N3O. The minimum Gasteiger partial charge on any atom is -0.341 e. The number of likely N-dealkylation sites (tertiary alicyclic amines) is 1. The summed E-state index contributed by atoms with van der Waals surface area (Å²) < 4.78 is 0. The monoisotopic (exact) mass is 361 g/mol. The van der Waals surface area contributed by atoms with Gasteiger partial charge in [-0.3, -0.25) is 4.79 Å². The lowest BCUT2D eigenvalue weighted by molar-refractivity contribution is -0.136. The maximum Gasteiger partial charge on any atom is 0.225 e. The summed E-state index contributed by atoms with van der Waals surface area (Å²) in [5, 5.41) is 0. The van der Waals surface area contributed by atoms with E-state index in [1.165, 1.54) is 5.56 Å². The van der Waals surface area contributed by atoms with Crippen LogP contribution in [0.15, 0.2) is 30.3 Å². The first-order chi connectivity index (χ1) is 10.2. The average Bonchev–Trinajstić information content (AvgIpc) is 2.52. The third-order valence-electron chi connectivity index (χ3n) is 4.29. The Morgan fingerprint density at radius 1 is 1.17 bits per heavy atom. The van der Waals surface area contributed by atoms with Crippen LogP contribution in [0.5, 0.6) is 0 Å². The predicted molar refractivity (Wildman–Crippen MR) is 100 cm³/mol. The second-order valence-electron chi connectivity index (χ2n) is 5.93. The van der Waals surface area contributed by atoms with Crippen LogP contribution in [0.1, 0.15) is 18.4 Å². The fraction of sp³-hybridized carbons (Fsp3) is 0.588. The lowest BCUT2D eigenvalue weighted by Crippen LogP contribution is -2.44. The van der Waals surface area contributed by atoms with Gasteiger partial charge in [-0.25, -0.2) is 0 Å². The minimum atomic E-state index is 0. The van der Waals surface area contributed by atoms with Gasteiger partial charge in [0, 0.05) is 25.6 Å². The molecule has 23 heavy (non-hydrogen) atoms. The molecule has 1 saturated heterocycles. The maximum absolute atomic E-state index is 12.7. The highest BCUT2D eigenvalue weighted by atomic mass is 35.5. The molecule has 1 aromatic rings. The second kappa shape index (κ2) is 11.7. The summed E-state index contributed by atoms with van der Waals surface area (Å²) in [7, 11) is 2.12. The van der Waals surface area contributed by atoms with Gasteiger partial charge in [0.1, 0.15) is 0 Å². The SMILES string of the molecule is CN1CCC(C(=O)N(CCN)CCc2ccccc2)CC1.Cl.Cl. The number of carbonyl (C=O) groups excluding carboxylic acids is 1. The molecule has 0 spiro atoms. The van der Waals surface area contributed by atoms with Crippen molar-refractivity contribution in [2.75, 3.05) is 39.8 Å². The Morgan fingerprint density at radius 3 is 2.35 bits per heavy atom. The maximum atomic E-state index is 12.7. The first kappa shape index (κ1) is 22.2. The summed E-state index contributed by atoms with van der Waals surface area (Å²) in [5.74, 6) is 0.480. The van der Waals surface area contributed by atoms with Gasteiger partial charge in [-0.15, -0.1) is 24.8 Å². The molecule has 0 saturated carbocycles. The van der Waals surface area contributed by atoms with Crippen molar-refractivity contribution < 1.29 is 4.79 Å². The Morgan fingerprint density at radius 2 is 1.78 bits per heavy atom. The Bertz CT molecular complexity index is 437. The summed E-state index contributed by atoms with van der Waals surface area (Å²) in [5.41, 5.74) is 6.96. The van der Waals surface area contributed by atoms with Gasteiger partial charge in [-0.2, -0.15) is 0 Å². The number of nitrogens with two attached hydrogens (primary N) is 1. The third kappa shape index (κ3) is 7.08. The smallest absolute Gasteiger partial charge is 0.225 e. The zero-order valence-corrected chi connectivity index (χ0v) is 15.5. The van der Waals surface area contributed by atoms with Gasteiger partial charge in [0.2, 0.25) is 5.91 Å². The van der Waals surface area contributed by atoms with Crippen molar-refractivity contribution in [2.45, 2.75) is 19.3 Å². The zero-order chi connectivity index (χ0) is 15.1. The van der Waals surface area contributed by atoms with E-state index in [9.17, 15) is 4.79 Å². The van der Waals surface area contributed by atoms with Crippen LogP contribution in [0.4, 0.5) is 0 Å². The van der Waals surface area contributed by atoms with Crippen molar-refractivity contribution >= 4 is 30.7 Å². The van der Waals surface area contributed by atoms with Crippen molar-refractivity contribution in [3.05, 3.63) is 35.9 Å². The van der Waals surface area contributed by atoms with Gasteiger partial charge in [-0.05, 0) is 45.0 Å². The fourth-order valence-electron chi connectivity index (χ4n) is 2.91. The summed E-state index contributed by atoms with van der Waals surface area (Å²) >= 11 is 0. The first-order valence-electron chi connectivity index (χ1n) is 7.92. The topological polar surface area (TPSA) is 49.6 Å². The number of rotatable bonds is 6. The van der Waals surface area contributed by atoms with E-state index in [4.69, 9.17) is 5.73 Å². The number of hydrogen-bond donors (Lipinski definition) is 1. The average molecular weight is 362 g/mol. The lowest BCUT2D eigenvalue weighted by atomic mass is 9.95. The van der Waals surface area contributed by atoms with E-state index in [0.717, 1.165) is 38.9 Å². The van der Waals surface area contributed by atoms with Crippen LogP contribution in [0.3, 0.4) is 0 Å². The van der Waals surface area contributed by atoms with Crippen LogP contribution < -0.4 is 5.73 Å². The predicted octanol–water partition coefficient (Wildman–Crippen LogP) is 2.20. The molecule has 0 radical (unpaired) electrons. The van der Waals surface area contributed by atoms with Gasteiger partial charge in [0.15, 0.2) is 0 Å². The molecule has 1 aliphatic rings. The Kier molecular flexibility index (Phi) is 11.3. The van der Waals surface area contributed by atoms with Gasteiger partial charge in [-0.1, -0.05) is 30.3 Å². The summed E-state index contributed by atoms with van der Waals surface area (Å²) in [4.78, 5) is 16.9. The van der Waals surface area contributed by atoms with Crippen LogP contribution >= 0.6 is 24.8 Å². The molecule has 0 aliphatic carbocycles. The molecule has 1 amide bonds. The Labute approximate surface area is 152 Å². The van der Waals surface area contributed by atoms with Crippen molar-refractivity contribution in [3.63, 3.8) is 0 Å². The minimum absolute atomic E-state index is 0. The second-order valence-corrected chi connectivity index (χ2v) is 5.93.